The molecule has 2 aromatic carbocycles. The standard InChI is InChI=1S/C20H17BrN2O5/c1-11-9-13(7-8-16(11)21)22-17(24)10-28-20(27)12(2)23-18(25)14-5-3-4-6-15(14)19(23)26/h3-9,12H,10H2,1-2H3,(H,22,24). The maximum Gasteiger partial charge on any atom is 0.329 e. The summed E-state index contributed by atoms with van der Waals surface area (Å²) in [4.78, 5) is 50.0. The van der Waals surface area contributed by atoms with Crippen LogP contribution in [0.25, 0.3) is 0 Å². The third-order valence-electron chi connectivity index (χ3n) is 4.34. The molecule has 1 atom stereocenters. The summed E-state index contributed by atoms with van der Waals surface area (Å²) in [6, 6.07) is 10.5. The summed E-state index contributed by atoms with van der Waals surface area (Å²) >= 11 is 3.37. The fourth-order valence-electron chi connectivity index (χ4n) is 2.84. The average Bonchev–Trinajstić information content (AvgIpc) is 2.93. The first-order chi connectivity index (χ1) is 13.3. The summed E-state index contributed by atoms with van der Waals surface area (Å²) in [7, 11) is 0. The number of imide groups is 1. The average molecular weight is 445 g/mol. The molecule has 0 radical (unpaired) electrons. The van der Waals surface area contributed by atoms with Crippen LogP contribution >= 0.6 is 15.9 Å². The van der Waals surface area contributed by atoms with Crippen LogP contribution in [-0.2, 0) is 14.3 Å². The number of amides is 3. The Morgan fingerprint density at radius 2 is 1.71 bits per heavy atom. The predicted molar refractivity (Wildman–Crippen MR) is 105 cm³/mol. The van der Waals surface area contributed by atoms with Gasteiger partial charge in [-0.25, -0.2) is 4.79 Å². The normalized spacial score (nSPS) is 13.9. The summed E-state index contributed by atoms with van der Waals surface area (Å²) in [6.45, 7) is 2.74. The van der Waals surface area contributed by atoms with Crippen molar-refractivity contribution in [2.24, 2.45) is 0 Å². The van der Waals surface area contributed by atoms with E-state index in [0.717, 1.165) is 14.9 Å². The number of anilines is 1. The number of carbonyl (C=O) groups is 4. The fourth-order valence-corrected chi connectivity index (χ4v) is 3.09. The molecule has 8 heteroatoms. The Balaban J connectivity index is 1.59. The zero-order chi connectivity index (χ0) is 20.4. The van der Waals surface area contributed by atoms with E-state index in [1.165, 1.54) is 19.1 Å². The van der Waals surface area contributed by atoms with Crippen LogP contribution in [0.3, 0.4) is 0 Å². The van der Waals surface area contributed by atoms with Gasteiger partial charge in [-0.05, 0) is 49.7 Å². The number of nitrogens with one attached hydrogen (secondary N) is 1. The van der Waals surface area contributed by atoms with Gasteiger partial charge in [0.1, 0.15) is 6.04 Å². The Labute approximate surface area is 169 Å². The van der Waals surface area contributed by atoms with Crippen LogP contribution in [0.5, 0.6) is 0 Å². The summed E-state index contributed by atoms with van der Waals surface area (Å²) in [6.07, 6.45) is 0. The van der Waals surface area contributed by atoms with Gasteiger partial charge in [0.2, 0.25) is 0 Å². The van der Waals surface area contributed by atoms with Crippen molar-refractivity contribution < 1.29 is 23.9 Å². The van der Waals surface area contributed by atoms with E-state index in [-0.39, 0.29) is 11.1 Å². The molecule has 2 aromatic rings. The molecule has 0 spiro atoms. The molecule has 0 saturated carbocycles. The van der Waals surface area contributed by atoms with Crippen molar-refractivity contribution in [1.82, 2.24) is 4.90 Å². The molecule has 1 aliphatic heterocycles. The van der Waals surface area contributed by atoms with Crippen molar-refractivity contribution in [1.29, 1.82) is 0 Å². The number of ether oxygens (including phenoxy) is 1. The molecule has 144 valence electrons. The van der Waals surface area contributed by atoms with Crippen LogP contribution in [0.1, 0.15) is 33.2 Å². The molecule has 3 rings (SSSR count). The second-order valence-electron chi connectivity index (χ2n) is 6.32. The monoisotopic (exact) mass is 444 g/mol. The van der Waals surface area contributed by atoms with Gasteiger partial charge >= 0.3 is 5.97 Å². The number of benzene rings is 2. The Morgan fingerprint density at radius 3 is 2.29 bits per heavy atom. The largest absolute Gasteiger partial charge is 0.454 e. The minimum absolute atomic E-state index is 0.246. The van der Waals surface area contributed by atoms with E-state index in [1.54, 1.807) is 30.3 Å². The Morgan fingerprint density at radius 1 is 1.11 bits per heavy atom. The highest BCUT2D eigenvalue weighted by Gasteiger charge is 2.41. The number of halogens is 1. The van der Waals surface area contributed by atoms with Gasteiger partial charge in [-0.3, -0.25) is 19.3 Å². The van der Waals surface area contributed by atoms with Crippen LogP contribution in [0.4, 0.5) is 5.69 Å². The first-order valence-electron chi connectivity index (χ1n) is 8.49. The predicted octanol–water partition coefficient (Wildman–Crippen LogP) is 2.92. The van der Waals surface area contributed by atoms with Gasteiger partial charge < -0.3 is 10.1 Å². The molecular formula is C20H17BrN2O5. The number of carbonyl (C=O) groups excluding carboxylic acids is 4. The van der Waals surface area contributed by atoms with Gasteiger partial charge in [-0.1, -0.05) is 28.1 Å². The van der Waals surface area contributed by atoms with Gasteiger partial charge in [0, 0.05) is 10.2 Å². The Bertz CT molecular complexity index is 953. The number of fused-ring (bicyclic) bond motifs is 1. The maximum atomic E-state index is 12.4. The van der Waals surface area contributed by atoms with Crippen molar-refractivity contribution in [3.8, 4) is 0 Å². The van der Waals surface area contributed by atoms with Gasteiger partial charge in [0.05, 0.1) is 11.1 Å². The SMILES string of the molecule is Cc1cc(NC(=O)COC(=O)C(C)N2C(=O)c3ccccc3C2=O)ccc1Br. The van der Waals surface area contributed by atoms with Crippen molar-refractivity contribution in [2.75, 3.05) is 11.9 Å². The quantitative estimate of drug-likeness (QED) is 0.565. The van der Waals surface area contributed by atoms with Gasteiger partial charge in [-0.2, -0.15) is 0 Å². The molecule has 7 nitrogen and oxygen atoms in total. The summed E-state index contributed by atoms with van der Waals surface area (Å²) in [5, 5.41) is 2.62. The molecule has 1 heterocycles. The molecule has 0 aromatic heterocycles. The van der Waals surface area contributed by atoms with Crippen molar-refractivity contribution in [3.63, 3.8) is 0 Å². The smallest absolute Gasteiger partial charge is 0.329 e. The van der Waals surface area contributed by atoms with Gasteiger partial charge in [0.15, 0.2) is 6.61 Å². The number of hydrogen-bond donors (Lipinski definition) is 1. The Hall–Kier alpha value is -3.00. The van der Waals surface area contributed by atoms with E-state index in [1.807, 2.05) is 6.92 Å². The Kier molecular flexibility index (Phi) is 5.60. The van der Waals surface area contributed by atoms with E-state index in [4.69, 9.17) is 4.74 Å². The minimum Gasteiger partial charge on any atom is -0.454 e. The second-order valence-corrected chi connectivity index (χ2v) is 7.18. The summed E-state index contributed by atoms with van der Waals surface area (Å²) in [5.74, 6) is -2.47. The first kappa shape index (κ1) is 19.8. The summed E-state index contributed by atoms with van der Waals surface area (Å²) < 4.78 is 5.90. The van der Waals surface area contributed by atoms with E-state index in [9.17, 15) is 19.2 Å². The number of esters is 1. The van der Waals surface area contributed by atoms with Crippen molar-refractivity contribution in [3.05, 3.63) is 63.6 Å². The molecule has 0 saturated heterocycles. The zero-order valence-electron chi connectivity index (χ0n) is 15.2. The molecule has 28 heavy (non-hydrogen) atoms. The van der Waals surface area contributed by atoms with E-state index >= 15 is 0 Å². The fraction of sp³-hybridized carbons (Fsp3) is 0.200. The third kappa shape index (κ3) is 3.82. The number of nitrogens with zero attached hydrogens (tertiary/aromatic N) is 1. The second kappa shape index (κ2) is 7.93. The van der Waals surface area contributed by atoms with Crippen LogP contribution in [-0.4, -0.2) is 41.2 Å². The molecule has 1 N–H and O–H groups in total. The molecule has 3 amide bonds. The zero-order valence-corrected chi connectivity index (χ0v) is 16.8. The van der Waals surface area contributed by atoms with Gasteiger partial charge in [0.25, 0.3) is 17.7 Å². The molecule has 0 fully saturated rings. The molecule has 0 aliphatic carbocycles. The lowest BCUT2D eigenvalue weighted by Gasteiger charge is -2.20. The van der Waals surface area contributed by atoms with Crippen molar-refractivity contribution in [2.45, 2.75) is 19.9 Å². The number of rotatable bonds is 5. The molecule has 0 bridgehead atoms. The van der Waals surface area contributed by atoms with Crippen LogP contribution < -0.4 is 5.32 Å². The molecular weight excluding hydrogens is 428 g/mol. The van der Waals surface area contributed by atoms with Crippen LogP contribution in [0.15, 0.2) is 46.9 Å². The lowest BCUT2D eigenvalue weighted by atomic mass is 10.1. The minimum atomic E-state index is -1.14. The maximum absolute atomic E-state index is 12.4. The third-order valence-corrected chi connectivity index (χ3v) is 5.23. The lowest BCUT2D eigenvalue weighted by molar-refractivity contribution is -0.150. The molecule has 1 aliphatic rings. The van der Waals surface area contributed by atoms with E-state index in [2.05, 4.69) is 21.2 Å². The highest BCUT2D eigenvalue weighted by atomic mass is 79.9. The lowest BCUT2D eigenvalue weighted by Crippen LogP contribution is -2.44. The van der Waals surface area contributed by atoms with Crippen molar-refractivity contribution >= 4 is 45.3 Å². The van der Waals surface area contributed by atoms with Crippen LogP contribution in [0.2, 0.25) is 0 Å². The molecule has 1 unspecified atom stereocenters. The summed E-state index contributed by atoms with van der Waals surface area (Å²) in [5.41, 5.74) is 2.00. The van der Waals surface area contributed by atoms with Gasteiger partial charge in [-0.15, -0.1) is 0 Å². The first-order valence-corrected chi connectivity index (χ1v) is 9.28. The number of aryl methyl sites for hydroxylation is 1. The number of hydrogen-bond acceptors (Lipinski definition) is 5. The topological polar surface area (TPSA) is 92.8 Å². The highest BCUT2D eigenvalue weighted by molar-refractivity contribution is 9.10. The van der Waals surface area contributed by atoms with E-state index in [0.29, 0.717) is 5.69 Å². The van der Waals surface area contributed by atoms with Crippen LogP contribution in [0, 0.1) is 6.92 Å². The highest BCUT2D eigenvalue weighted by Crippen LogP contribution is 2.25. The van der Waals surface area contributed by atoms with E-state index < -0.39 is 36.3 Å².